The molecule has 0 spiro atoms. The molecule has 4 aromatic rings. The fraction of sp³-hybridized carbons (Fsp3) is 0.190. The molecule has 0 unspecified atom stereocenters. The maximum Gasteiger partial charge on any atom is 0.322 e. The van der Waals surface area contributed by atoms with E-state index in [2.05, 4.69) is 15.5 Å². The minimum atomic E-state index is -0.255. The number of carbonyl (C=O) groups is 1. The molecule has 2 aromatic heterocycles. The number of hydrogen-bond acceptors (Lipinski definition) is 8. The van der Waals surface area contributed by atoms with Crippen LogP contribution in [0.3, 0.4) is 0 Å². The predicted octanol–water partition coefficient (Wildman–Crippen LogP) is 4.62. The highest BCUT2D eigenvalue weighted by atomic mass is 32.2. The molecule has 4 rings (SSSR count). The van der Waals surface area contributed by atoms with Crippen molar-refractivity contribution in [2.75, 3.05) is 24.8 Å². The second-order valence-electron chi connectivity index (χ2n) is 6.14. The van der Waals surface area contributed by atoms with Crippen LogP contribution in [0.2, 0.25) is 0 Å². The van der Waals surface area contributed by atoms with Crippen molar-refractivity contribution >= 4 is 34.7 Å². The molecule has 9 heteroatoms. The largest absolute Gasteiger partial charge is 0.497 e. The van der Waals surface area contributed by atoms with Crippen LogP contribution in [0.15, 0.2) is 62.3 Å². The van der Waals surface area contributed by atoms with E-state index in [1.165, 1.54) is 11.8 Å². The maximum atomic E-state index is 12.2. The standard InChI is InChI=1S/C21H19N3O5S/c1-3-27-16-6-4-5-13-11-17(28-19(13)16)20-23-24-21(29-20)22-18(25)12-30-15-9-7-14(26-2)8-10-15/h4-11H,3,12H2,1-2H3,(H,22,24,25). The number of anilines is 1. The van der Waals surface area contributed by atoms with Crippen molar-refractivity contribution in [2.45, 2.75) is 11.8 Å². The molecule has 0 saturated heterocycles. The topological polar surface area (TPSA) is 99.6 Å². The van der Waals surface area contributed by atoms with Crippen LogP contribution in [-0.4, -0.2) is 35.6 Å². The Bertz CT molecular complexity index is 1150. The first kappa shape index (κ1) is 19.8. The van der Waals surface area contributed by atoms with Gasteiger partial charge in [-0.2, -0.15) is 0 Å². The highest BCUT2D eigenvalue weighted by Crippen LogP contribution is 2.33. The van der Waals surface area contributed by atoms with Gasteiger partial charge in [0.1, 0.15) is 5.75 Å². The molecule has 154 valence electrons. The number of benzene rings is 2. The first-order chi connectivity index (χ1) is 14.7. The van der Waals surface area contributed by atoms with Gasteiger partial charge in [-0.1, -0.05) is 17.2 Å². The van der Waals surface area contributed by atoms with Gasteiger partial charge in [0.15, 0.2) is 17.1 Å². The third-order valence-corrected chi connectivity index (χ3v) is 5.13. The van der Waals surface area contributed by atoms with Crippen molar-refractivity contribution in [3.05, 3.63) is 48.5 Å². The van der Waals surface area contributed by atoms with Crippen LogP contribution in [0.25, 0.3) is 22.6 Å². The van der Waals surface area contributed by atoms with E-state index in [4.69, 9.17) is 18.3 Å². The van der Waals surface area contributed by atoms with Gasteiger partial charge in [-0.15, -0.1) is 16.9 Å². The van der Waals surface area contributed by atoms with Crippen molar-refractivity contribution in [1.29, 1.82) is 0 Å². The lowest BCUT2D eigenvalue weighted by molar-refractivity contribution is -0.113. The quantitative estimate of drug-likeness (QED) is 0.408. The van der Waals surface area contributed by atoms with Crippen molar-refractivity contribution in [3.63, 3.8) is 0 Å². The summed E-state index contributed by atoms with van der Waals surface area (Å²) in [6.45, 7) is 2.43. The summed E-state index contributed by atoms with van der Waals surface area (Å²) in [7, 11) is 1.61. The minimum Gasteiger partial charge on any atom is -0.497 e. The number of ether oxygens (including phenoxy) is 2. The zero-order valence-corrected chi connectivity index (χ0v) is 17.2. The molecule has 30 heavy (non-hydrogen) atoms. The summed E-state index contributed by atoms with van der Waals surface area (Å²) in [4.78, 5) is 13.1. The number of amides is 1. The van der Waals surface area contributed by atoms with E-state index in [1.807, 2.05) is 49.4 Å². The average molecular weight is 425 g/mol. The third-order valence-electron chi connectivity index (χ3n) is 4.12. The Kier molecular flexibility index (Phi) is 5.89. The summed E-state index contributed by atoms with van der Waals surface area (Å²) in [5, 5.41) is 11.3. The summed E-state index contributed by atoms with van der Waals surface area (Å²) in [6.07, 6.45) is 0. The van der Waals surface area contributed by atoms with Gasteiger partial charge in [-0.05, 0) is 43.3 Å². The lowest BCUT2D eigenvalue weighted by atomic mass is 10.2. The number of nitrogens with zero attached hydrogens (tertiary/aromatic N) is 2. The van der Waals surface area contributed by atoms with Gasteiger partial charge in [-0.3, -0.25) is 10.1 Å². The van der Waals surface area contributed by atoms with Gasteiger partial charge < -0.3 is 18.3 Å². The van der Waals surface area contributed by atoms with E-state index >= 15 is 0 Å². The maximum absolute atomic E-state index is 12.2. The second kappa shape index (κ2) is 8.91. The molecular formula is C21H19N3O5S. The Morgan fingerprint density at radius 1 is 1.13 bits per heavy atom. The molecule has 0 aliphatic heterocycles. The Hall–Kier alpha value is -3.46. The average Bonchev–Trinajstić information content (AvgIpc) is 3.40. The number of rotatable bonds is 8. The van der Waals surface area contributed by atoms with E-state index in [0.29, 0.717) is 23.7 Å². The van der Waals surface area contributed by atoms with Gasteiger partial charge in [-0.25, -0.2) is 0 Å². The van der Waals surface area contributed by atoms with Crippen molar-refractivity contribution < 1.29 is 23.1 Å². The van der Waals surface area contributed by atoms with Crippen molar-refractivity contribution in [2.24, 2.45) is 0 Å². The van der Waals surface area contributed by atoms with E-state index in [0.717, 1.165) is 16.0 Å². The molecule has 2 heterocycles. The fourth-order valence-electron chi connectivity index (χ4n) is 2.76. The Balaban J connectivity index is 1.40. The molecule has 0 aliphatic carbocycles. The summed E-state index contributed by atoms with van der Waals surface area (Å²) in [6, 6.07) is 14.9. The van der Waals surface area contributed by atoms with Crippen LogP contribution < -0.4 is 14.8 Å². The van der Waals surface area contributed by atoms with Crippen molar-refractivity contribution in [3.8, 4) is 23.1 Å². The highest BCUT2D eigenvalue weighted by molar-refractivity contribution is 8.00. The first-order valence-corrected chi connectivity index (χ1v) is 10.2. The molecule has 0 saturated carbocycles. The molecule has 0 fully saturated rings. The minimum absolute atomic E-state index is 0.0100. The van der Waals surface area contributed by atoms with Gasteiger partial charge in [0.05, 0.1) is 19.5 Å². The highest BCUT2D eigenvalue weighted by Gasteiger charge is 2.17. The summed E-state index contributed by atoms with van der Waals surface area (Å²) < 4.78 is 22.1. The van der Waals surface area contributed by atoms with E-state index in [-0.39, 0.29) is 23.6 Å². The molecular weight excluding hydrogens is 406 g/mol. The first-order valence-electron chi connectivity index (χ1n) is 9.22. The molecule has 8 nitrogen and oxygen atoms in total. The summed E-state index contributed by atoms with van der Waals surface area (Å²) in [5.74, 6) is 1.93. The van der Waals surface area contributed by atoms with E-state index in [9.17, 15) is 4.79 Å². The Morgan fingerprint density at radius 2 is 1.97 bits per heavy atom. The van der Waals surface area contributed by atoms with Crippen molar-refractivity contribution in [1.82, 2.24) is 10.2 Å². The number of hydrogen-bond donors (Lipinski definition) is 1. The number of para-hydroxylation sites is 1. The van der Waals surface area contributed by atoms with Crippen LogP contribution in [0, 0.1) is 0 Å². The third kappa shape index (κ3) is 4.41. The van der Waals surface area contributed by atoms with Gasteiger partial charge in [0.2, 0.25) is 5.91 Å². The Morgan fingerprint density at radius 3 is 2.73 bits per heavy atom. The molecule has 1 amide bonds. The number of furan rings is 1. The zero-order valence-electron chi connectivity index (χ0n) is 16.4. The fourth-order valence-corrected chi connectivity index (χ4v) is 3.46. The van der Waals surface area contributed by atoms with Gasteiger partial charge in [0, 0.05) is 10.3 Å². The normalized spacial score (nSPS) is 10.9. The smallest absolute Gasteiger partial charge is 0.322 e. The zero-order chi connectivity index (χ0) is 20.9. The molecule has 0 atom stereocenters. The predicted molar refractivity (Wildman–Crippen MR) is 113 cm³/mol. The molecule has 0 aliphatic rings. The monoisotopic (exact) mass is 425 g/mol. The SMILES string of the molecule is CCOc1cccc2cc(-c3nnc(NC(=O)CSc4ccc(OC)cc4)o3)oc12. The number of nitrogens with one attached hydrogen (secondary N) is 1. The van der Waals surface area contributed by atoms with E-state index in [1.54, 1.807) is 13.2 Å². The molecule has 0 radical (unpaired) electrons. The number of methoxy groups -OCH3 is 1. The lowest BCUT2D eigenvalue weighted by Gasteiger charge is -2.03. The van der Waals surface area contributed by atoms with Crippen LogP contribution in [0.4, 0.5) is 6.01 Å². The molecule has 0 bridgehead atoms. The second-order valence-corrected chi connectivity index (χ2v) is 7.19. The van der Waals surface area contributed by atoms with Gasteiger partial charge >= 0.3 is 6.01 Å². The van der Waals surface area contributed by atoms with Crippen LogP contribution in [-0.2, 0) is 4.79 Å². The lowest BCUT2D eigenvalue weighted by Crippen LogP contribution is -2.14. The van der Waals surface area contributed by atoms with E-state index < -0.39 is 0 Å². The van der Waals surface area contributed by atoms with Gasteiger partial charge in [0.25, 0.3) is 5.89 Å². The van der Waals surface area contributed by atoms with Crippen LogP contribution in [0.1, 0.15) is 6.92 Å². The molecule has 1 N–H and O–H groups in total. The number of aromatic nitrogens is 2. The molecule has 2 aromatic carbocycles. The summed E-state index contributed by atoms with van der Waals surface area (Å²) in [5.41, 5.74) is 0.606. The van der Waals surface area contributed by atoms with Crippen LogP contribution in [0.5, 0.6) is 11.5 Å². The number of carbonyl (C=O) groups excluding carboxylic acids is 1. The summed E-state index contributed by atoms with van der Waals surface area (Å²) >= 11 is 1.39. The van der Waals surface area contributed by atoms with Crippen LogP contribution >= 0.6 is 11.8 Å². The number of thioether (sulfide) groups is 1. The number of fused-ring (bicyclic) bond motifs is 1. The Labute approximate surface area is 176 Å².